The van der Waals surface area contributed by atoms with Crippen LogP contribution in [-0.2, 0) is 4.74 Å². The van der Waals surface area contributed by atoms with E-state index < -0.39 is 6.04 Å². The van der Waals surface area contributed by atoms with Crippen molar-refractivity contribution in [3.8, 4) is 17.2 Å². The molecule has 0 saturated carbocycles. The highest BCUT2D eigenvalue weighted by Gasteiger charge is 2.32. The summed E-state index contributed by atoms with van der Waals surface area (Å²) in [6.07, 6.45) is 3.05. The van der Waals surface area contributed by atoms with Gasteiger partial charge in [-0.2, -0.15) is 0 Å². The number of allylic oxidation sites excluding steroid dienone is 2. The Kier molecular flexibility index (Phi) is 8.69. The van der Waals surface area contributed by atoms with E-state index in [-0.39, 0.29) is 24.0 Å². The Balaban J connectivity index is 1.78. The first kappa shape index (κ1) is 25.6. The van der Waals surface area contributed by atoms with Crippen LogP contribution >= 0.6 is 0 Å². The Labute approximate surface area is 204 Å². The second kappa shape index (κ2) is 11.9. The number of aliphatic hydroxyl groups is 1. The van der Waals surface area contributed by atoms with Crippen molar-refractivity contribution in [1.82, 2.24) is 14.8 Å². The Morgan fingerprint density at radius 3 is 2.66 bits per heavy atom. The molecular formula is C25H31N5O5. The fourth-order valence-corrected chi connectivity index (χ4v) is 3.77. The maximum absolute atomic E-state index is 13.3. The molecule has 2 aromatic rings. The number of piperazine rings is 1. The summed E-state index contributed by atoms with van der Waals surface area (Å²) < 4.78 is 16.7. The van der Waals surface area contributed by atoms with Gasteiger partial charge in [0.05, 0.1) is 38.8 Å². The molecule has 10 heteroatoms. The van der Waals surface area contributed by atoms with E-state index in [2.05, 4.69) is 16.7 Å². The van der Waals surface area contributed by atoms with Crippen LogP contribution in [0.2, 0.25) is 0 Å². The van der Waals surface area contributed by atoms with E-state index in [1.54, 1.807) is 24.2 Å². The van der Waals surface area contributed by atoms with Gasteiger partial charge >= 0.3 is 0 Å². The van der Waals surface area contributed by atoms with E-state index in [1.807, 2.05) is 42.2 Å². The minimum atomic E-state index is -0.448. The number of aliphatic imine (C=N–C) groups is 1. The van der Waals surface area contributed by atoms with Gasteiger partial charge < -0.3 is 34.9 Å². The average molecular weight is 482 g/mol. The molecule has 1 aliphatic heterocycles. The molecule has 1 aromatic carbocycles. The number of benzene rings is 1. The van der Waals surface area contributed by atoms with Gasteiger partial charge in [-0.1, -0.05) is 18.2 Å². The van der Waals surface area contributed by atoms with Gasteiger partial charge in [-0.25, -0.2) is 9.98 Å². The van der Waals surface area contributed by atoms with Crippen LogP contribution in [0, 0.1) is 0 Å². The molecule has 1 amide bonds. The fraction of sp³-hybridized carbons (Fsp3) is 0.320. The van der Waals surface area contributed by atoms with Crippen molar-refractivity contribution in [2.45, 2.75) is 13.0 Å². The lowest BCUT2D eigenvalue weighted by molar-refractivity contribution is 0.0355. The van der Waals surface area contributed by atoms with Crippen molar-refractivity contribution in [3.05, 3.63) is 71.6 Å². The summed E-state index contributed by atoms with van der Waals surface area (Å²) >= 11 is 0. The van der Waals surface area contributed by atoms with Gasteiger partial charge in [0, 0.05) is 31.8 Å². The standard InChI is InChI=1S/C25H31N5O5/c1-17(21(33-3)13-24(26)27-2)29-10-11-30(18(15-29)16-31)25(32)20-12-22(34-4)23(14-28-20)35-19-8-6-5-7-9-19/h5-9,12-14,18,31H,2,10-11,15-16,26H2,1,3-4H3/b21-17-,24-13-/t18-/m0/s1. The molecule has 3 rings (SSSR count). The van der Waals surface area contributed by atoms with E-state index in [4.69, 9.17) is 19.9 Å². The number of nitrogens with zero attached hydrogens (tertiary/aromatic N) is 4. The van der Waals surface area contributed by atoms with E-state index in [1.165, 1.54) is 13.3 Å². The predicted octanol–water partition coefficient (Wildman–Crippen LogP) is 2.38. The molecule has 186 valence electrons. The third kappa shape index (κ3) is 6.10. The number of para-hydroxylation sites is 1. The third-order valence-electron chi connectivity index (χ3n) is 5.71. The maximum Gasteiger partial charge on any atom is 0.273 e. The van der Waals surface area contributed by atoms with Gasteiger partial charge in [-0.3, -0.25) is 4.79 Å². The van der Waals surface area contributed by atoms with Crippen LogP contribution in [-0.4, -0.2) is 79.0 Å². The molecule has 35 heavy (non-hydrogen) atoms. The number of methoxy groups -OCH3 is 2. The summed E-state index contributed by atoms with van der Waals surface area (Å²) in [5.41, 5.74) is 6.77. The van der Waals surface area contributed by atoms with Crippen molar-refractivity contribution in [3.63, 3.8) is 0 Å². The summed E-state index contributed by atoms with van der Waals surface area (Å²) in [7, 11) is 3.04. The Morgan fingerprint density at radius 1 is 1.29 bits per heavy atom. The molecule has 1 aliphatic rings. The zero-order chi connectivity index (χ0) is 25.4. The number of nitrogens with two attached hydrogens (primary N) is 1. The molecule has 0 aliphatic carbocycles. The number of carbonyl (C=O) groups is 1. The maximum atomic E-state index is 13.3. The van der Waals surface area contributed by atoms with Crippen LogP contribution in [0.1, 0.15) is 17.4 Å². The Morgan fingerprint density at radius 2 is 2.03 bits per heavy atom. The highest BCUT2D eigenvalue weighted by Crippen LogP contribution is 2.31. The first-order valence-corrected chi connectivity index (χ1v) is 11.0. The molecule has 0 unspecified atom stereocenters. The smallest absolute Gasteiger partial charge is 0.273 e. The van der Waals surface area contributed by atoms with Crippen molar-refractivity contribution in [2.75, 3.05) is 40.5 Å². The second-order valence-corrected chi connectivity index (χ2v) is 7.80. The van der Waals surface area contributed by atoms with Crippen molar-refractivity contribution in [1.29, 1.82) is 0 Å². The van der Waals surface area contributed by atoms with Crippen molar-refractivity contribution in [2.24, 2.45) is 10.7 Å². The number of aromatic nitrogens is 1. The lowest BCUT2D eigenvalue weighted by Crippen LogP contribution is -2.56. The summed E-state index contributed by atoms with van der Waals surface area (Å²) in [6, 6.07) is 10.3. The molecule has 3 N–H and O–H groups in total. The quantitative estimate of drug-likeness (QED) is 0.318. The molecule has 1 saturated heterocycles. The third-order valence-corrected chi connectivity index (χ3v) is 5.71. The highest BCUT2D eigenvalue weighted by atomic mass is 16.5. The summed E-state index contributed by atoms with van der Waals surface area (Å²) in [4.78, 5) is 24.9. The number of aliphatic hydroxyl groups excluding tert-OH is 1. The summed E-state index contributed by atoms with van der Waals surface area (Å²) in [5, 5.41) is 10.1. The number of amides is 1. The Hall–Kier alpha value is -4.05. The number of hydrogen-bond donors (Lipinski definition) is 2. The number of hydrogen-bond acceptors (Lipinski definition) is 9. The van der Waals surface area contributed by atoms with Gasteiger partial charge in [0.15, 0.2) is 11.5 Å². The lowest BCUT2D eigenvalue weighted by atomic mass is 10.1. The molecule has 1 fully saturated rings. The molecule has 1 atom stereocenters. The van der Waals surface area contributed by atoms with E-state index in [9.17, 15) is 9.90 Å². The molecule has 10 nitrogen and oxygen atoms in total. The SMILES string of the molecule is C=N/C(N)=C\C(OC)=C(/C)N1CCN(C(=O)c2cc(OC)c(Oc3ccccc3)cn2)[C@H](CO)C1. The first-order valence-electron chi connectivity index (χ1n) is 11.0. The van der Waals surface area contributed by atoms with Crippen LogP contribution < -0.4 is 15.2 Å². The van der Waals surface area contributed by atoms with E-state index in [0.29, 0.717) is 42.6 Å². The van der Waals surface area contributed by atoms with Crippen LogP contribution in [0.25, 0.3) is 0 Å². The normalized spacial score (nSPS) is 16.9. The van der Waals surface area contributed by atoms with Crippen LogP contribution in [0.15, 0.2) is 70.9 Å². The molecule has 1 aromatic heterocycles. The zero-order valence-corrected chi connectivity index (χ0v) is 20.2. The average Bonchev–Trinajstić information content (AvgIpc) is 2.91. The van der Waals surface area contributed by atoms with Gasteiger partial charge in [-0.05, 0) is 25.8 Å². The van der Waals surface area contributed by atoms with E-state index in [0.717, 1.165) is 5.70 Å². The predicted molar refractivity (Wildman–Crippen MR) is 132 cm³/mol. The molecule has 0 bridgehead atoms. The van der Waals surface area contributed by atoms with E-state index >= 15 is 0 Å². The second-order valence-electron chi connectivity index (χ2n) is 7.80. The molecule has 0 spiro atoms. The van der Waals surface area contributed by atoms with Gasteiger partial charge in [0.25, 0.3) is 5.91 Å². The van der Waals surface area contributed by atoms with Crippen molar-refractivity contribution < 1.29 is 24.1 Å². The minimum Gasteiger partial charge on any atom is -0.495 e. The minimum absolute atomic E-state index is 0.201. The summed E-state index contributed by atoms with van der Waals surface area (Å²) in [5.74, 6) is 1.87. The molecule has 2 heterocycles. The lowest BCUT2D eigenvalue weighted by Gasteiger charge is -2.42. The number of pyridine rings is 1. The number of ether oxygens (including phenoxy) is 3. The highest BCUT2D eigenvalue weighted by molar-refractivity contribution is 5.93. The molecule has 0 radical (unpaired) electrons. The topological polar surface area (TPSA) is 123 Å². The Bertz CT molecular complexity index is 1100. The van der Waals surface area contributed by atoms with Gasteiger partial charge in [0.2, 0.25) is 0 Å². The van der Waals surface area contributed by atoms with Crippen LogP contribution in [0.4, 0.5) is 0 Å². The molecular weight excluding hydrogens is 450 g/mol. The first-order chi connectivity index (χ1) is 16.9. The van der Waals surface area contributed by atoms with Crippen molar-refractivity contribution >= 4 is 12.6 Å². The fourth-order valence-electron chi connectivity index (χ4n) is 3.77. The van der Waals surface area contributed by atoms with Gasteiger partial charge in [0.1, 0.15) is 23.0 Å². The number of carbonyl (C=O) groups excluding carboxylic acids is 1. The zero-order valence-electron chi connectivity index (χ0n) is 20.2. The van der Waals surface area contributed by atoms with Crippen LogP contribution in [0.5, 0.6) is 17.2 Å². The number of rotatable bonds is 9. The van der Waals surface area contributed by atoms with Crippen LogP contribution in [0.3, 0.4) is 0 Å². The monoisotopic (exact) mass is 481 g/mol. The van der Waals surface area contributed by atoms with Gasteiger partial charge in [-0.15, -0.1) is 0 Å². The largest absolute Gasteiger partial charge is 0.495 e. The summed E-state index contributed by atoms with van der Waals surface area (Å²) in [6.45, 7) is 6.39.